The van der Waals surface area contributed by atoms with Gasteiger partial charge in [-0.1, -0.05) is 30.3 Å². The number of benzene rings is 1. The molecular formula is C23H34N4O+2. The Morgan fingerprint density at radius 2 is 1.86 bits per heavy atom. The number of carbonyl (C=O) groups excluding carboxylic acids is 1. The first kappa shape index (κ1) is 19.2. The number of amides is 1. The summed E-state index contributed by atoms with van der Waals surface area (Å²) in [5.41, 5.74) is 2.77. The maximum absolute atomic E-state index is 12.7. The highest BCUT2D eigenvalue weighted by Crippen LogP contribution is 2.18. The number of hydrogen-bond acceptors (Lipinski definition) is 1. The molecule has 0 spiro atoms. The van der Waals surface area contributed by atoms with E-state index in [4.69, 9.17) is 0 Å². The van der Waals surface area contributed by atoms with Gasteiger partial charge in [0.15, 0.2) is 6.54 Å². The van der Waals surface area contributed by atoms with E-state index in [-0.39, 0.29) is 5.91 Å². The number of aromatic nitrogens is 1. The van der Waals surface area contributed by atoms with E-state index < -0.39 is 0 Å². The summed E-state index contributed by atoms with van der Waals surface area (Å²) in [5, 5.41) is 3.33. The lowest BCUT2D eigenvalue weighted by molar-refractivity contribution is -0.919. The van der Waals surface area contributed by atoms with Crippen molar-refractivity contribution in [2.24, 2.45) is 7.05 Å². The van der Waals surface area contributed by atoms with Crippen LogP contribution in [0.25, 0.3) is 0 Å². The minimum atomic E-state index is 0.229. The largest absolute Gasteiger partial charge is 0.350 e. The quantitative estimate of drug-likeness (QED) is 0.652. The van der Waals surface area contributed by atoms with Crippen LogP contribution in [0.2, 0.25) is 0 Å². The van der Waals surface area contributed by atoms with Gasteiger partial charge in [0.05, 0.1) is 25.3 Å². The summed E-state index contributed by atoms with van der Waals surface area (Å²) in [6.45, 7) is 5.08. The smallest absolute Gasteiger partial charge is 0.275 e. The van der Waals surface area contributed by atoms with Gasteiger partial charge in [0, 0.05) is 50.5 Å². The van der Waals surface area contributed by atoms with Crippen LogP contribution in [-0.2, 0) is 18.4 Å². The summed E-state index contributed by atoms with van der Waals surface area (Å²) in [6.07, 6.45) is 6.67. The third-order valence-electron chi connectivity index (χ3n) is 6.57. The molecule has 3 heterocycles. The highest BCUT2D eigenvalue weighted by molar-refractivity contribution is 5.77. The molecule has 5 nitrogen and oxygen atoms in total. The zero-order chi connectivity index (χ0) is 19.3. The minimum absolute atomic E-state index is 0.229. The zero-order valence-electron chi connectivity index (χ0n) is 17.0. The predicted molar refractivity (Wildman–Crippen MR) is 110 cm³/mol. The Bertz CT molecular complexity index is 764. The normalized spacial score (nSPS) is 27.6. The van der Waals surface area contributed by atoms with Crippen LogP contribution < -0.4 is 15.1 Å². The Kier molecular flexibility index (Phi) is 6.13. The molecule has 1 unspecified atom stereocenters. The number of quaternary nitrogens is 2. The highest BCUT2D eigenvalue weighted by Gasteiger charge is 2.33. The van der Waals surface area contributed by atoms with Crippen molar-refractivity contribution < 1.29 is 14.6 Å². The summed E-state index contributed by atoms with van der Waals surface area (Å²) >= 11 is 0. The molecular weight excluding hydrogens is 348 g/mol. The summed E-state index contributed by atoms with van der Waals surface area (Å²) in [7, 11) is 2.11. The predicted octanol–water partition coefficient (Wildman–Crippen LogP) is 0.109. The average molecular weight is 383 g/mol. The molecule has 5 heteroatoms. The first-order valence-electron chi connectivity index (χ1n) is 10.8. The number of hydrogen-bond donors (Lipinski definition) is 3. The molecule has 4 rings (SSSR count). The number of aryl methyl sites for hydroxylation is 1. The van der Waals surface area contributed by atoms with Gasteiger partial charge in [0.25, 0.3) is 5.91 Å². The van der Waals surface area contributed by atoms with Gasteiger partial charge in [0.1, 0.15) is 12.6 Å². The Morgan fingerprint density at radius 3 is 2.57 bits per heavy atom. The molecule has 2 aliphatic rings. The van der Waals surface area contributed by atoms with Gasteiger partial charge in [-0.15, -0.1) is 0 Å². The first-order valence-corrected chi connectivity index (χ1v) is 10.8. The van der Waals surface area contributed by atoms with Gasteiger partial charge in [-0.2, -0.15) is 0 Å². The van der Waals surface area contributed by atoms with E-state index in [1.165, 1.54) is 29.0 Å². The molecule has 0 radical (unpaired) electrons. The van der Waals surface area contributed by atoms with E-state index in [0.717, 1.165) is 39.0 Å². The monoisotopic (exact) mass is 382 g/mol. The van der Waals surface area contributed by atoms with Gasteiger partial charge in [-0.05, 0) is 12.1 Å². The molecule has 2 atom stereocenters. The fraction of sp³-hybridized carbons (Fsp3) is 0.522. The van der Waals surface area contributed by atoms with Gasteiger partial charge in [-0.25, -0.2) is 0 Å². The van der Waals surface area contributed by atoms with Crippen LogP contribution in [0.3, 0.4) is 0 Å². The Hall–Kier alpha value is -2.11. The SMILES string of the molecule is Cn1cccc1[C@@H]1CCC[NH+]1CC(=O)NC1CC[NH+](Cc2ccccc2)CC1. The molecule has 0 aliphatic carbocycles. The fourth-order valence-corrected chi connectivity index (χ4v) is 5.03. The van der Waals surface area contributed by atoms with Crippen molar-refractivity contribution in [3.63, 3.8) is 0 Å². The standard InChI is InChI=1S/C23H32N4O/c1-25-13-5-9-21(25)22-10-6-14-27(22)18-23(28)24-20-11-15-26(16-12-20)17-19-7-3-2-4-8-19/h2-5,7-9,13,20,22H,6,10-12,14-18H2,1H3,(H,24,28)/p+2/t22-/m0/s1. The van der Waals surface area contributed by atoms with Crippen molar-refractivity contribution in [2.45, 2.75) is 44.3 Å². The van der Waals surface area contributed by atoms with Crippen LogP contribution in [0.15, 0.2) is 48.7 Å². The van der Waals surface area contributed by atoms with Crippen LogP contribution in [0, 0.1) is 0 Å². The van der Waals surface area contributed by atoms with Crippen molar-refractivity contribution in [3.8, 4) is 0 Å². The van der Waals surface area contributed by atoms with Gasteiger partial charge in [0.2, 0.25) is 0 Å². The van der Waals surface area contributed by atoms with Crippen LogP contribution >= 0.6 is 0 Å². The molecule has 2 fully saturated rings. The number of likely N-dealkylation sites (tertiary alicyclic amines) is 2. The van der Waals surface area contributed by atoms with Gasteiger partial charge in [-0.3, -0.25) is 4.79 Å². The summed E-state index contributed by atoms with van der Waals surface area (Å²) in [4.78, 5) is 15.7. The lowest BCUT2D eigenvalue weighted by Crippen LogP contribution is -3.12. The van der Waals surface area contributed by atoms with Crippen molar-refractivity contribution >= 4 is 5.91 Å². The highest BCUT2D eigenvalue weighted by atomic mass is 16.2. The third-order valence-corrected chi connectivity index (χ3v) is 6.57. The molecule has 1 amide bonds. The van der Waals surface area contributed by atoms with Crippen LogP contribution in [-0.4, -0.2) is 42.7 Å². The molecule has 0 saturated carbocycles. The topological polar surface area (TPSA) is 42.9 Å². The van der Waals surface area contributed by atoms with E-state index in [1.54, 1.807) is 4.90 Å². The van der Waals surface area contributed by atoms with E-state index in [2.05, 4.69) is 65.6 Å². The molecule has 0 bridgehead atoms. The molecule has 150 valence electrons. The van der Waals surface area contributed by atoms with Gasteiger partial charge < -0.3 is 19.7 Å². The Balaban J connectivity index is 1.23. The zero-order valence-corrected chi connectivity index (χ0v) is 17.0. The molecule has 2 aromatic rings. The first-order chi connectivity index (χ1) is 13.7. The maximum Gasteiger partial charge on any atom is 0.275 e. The summed E-state index contributed by atoms with van der Waals surface area (Å²) in [6, 6.07) is 15.9. The summed E-state index contributed by atoms with van der Waals surface area (Å²) < 4.78 is 2.21. The van der Waals surface area contributed by atoms with Gasteiger partial charge >= 0.3 is 0 Å². The average Bonchev–Trinajstić information content (AvgIpc) is 3.32. The van der Waals surface area contributed by atoms with Crippen molar-refractivity contribution in [1.82, 2.24) is 9.88 Å². The lowest BCUT2D eigenvalue weighted by Gasteiger charge is -2.30. The molecule has 28 heavy (non-hydrogen) atoms. The second-order valence-corrected chi connectivity index (χ2v) is 8.58. The lowest BCUT2D eigenvalue weighted by atomic mass is 10.0. The van der Waals surface area contributed by atoms with Crippen molar-refractivity contribution in [2.75, 3.05) is 26.2 Å². The van der Waals surface area contributed by atoms with E-state index >= 15 is 0 Å². The van der Waals surface area contributed by atoms with Crippen LogP contribution in [0.4, 0.5) is 0 Å². The molecule has 1 aromatic carbocycles. The second-order valence-electron chi connectivity index (χ2n) is 8.58. The maximum atomic E-state index is 12.7. The molecule has 2 aliphatic heterocycles. The number of carbonyl (C=O) groups is 1. The number of rotatable bonds is 6. The molecule has 2 saturated heterocycles. The third kappa shape index (κ3) is 4.65. The number of piperidine rings is 1. The minimum Gasteiger partial charge on any atom is -0.350 e. The second kappa shape index (κ2) is 8.93. The van der Waals surface area contributed by atoms with Crippen molar-refractivity contribution in [1.29, 1.82) is 0 Å². The van der Waals surface area contributed by atoms with E-state index in [1.807, 2.05) is 0 Å². The van der Waals surface area contributed by atoms with Crippen LogP contribution in [0.1, 0.15) is 43.0 Å². The van der Waals surface area contributed by atoms with E-state index in [0.29, 0.717) is 18.6 Å². The fourth-order valence-electron chi connectivity index (χ4n) is 5.03. The summed E-state index contributed by atoms with van der Waals surface area (Å²) in [5.74, 6) is 0.229. The van der Waals surface area contributed by atoms with Crippen molar-refractivity contribution in [3.05, 3.63) is 59.9 Å². The Morgan fingerprint density at radius 1 is 1.07 bits per heavy atom. The van der Waals surface area contributed by atoms with Crippen LogP contribution in [0.5, 0.6) is 0 Å². The van der Waals surface area contributed by atoms with E-state index in [9.17, 15) is 4.79 Å². The number of nitrogens with zero attached hydrogens (tertiary/aromatic N) is 1. The Labute approximate surface area is 168 Å². The number of nitrogens with one attached hydrogen (secondary N) is 3. The molecule has 3 N–H and O–H groups in total. The molecule has 1 aromatic heterocycles.